The fourth-order valence-electron chi connectivity index (χ4n) is 4.27. The number of hydrogen-bond acceptors (Lipinski definition) is 7. The smallest absolute Gasteiger partial charge is 0.317 e. The summed E-state index contributed by atoms with van der Waals surface area (Å²) in [4.78, 5) is 31.2. The van der Waals surface area contributed by atoms with E-state index in [1.165, 1.54) is 0 Å². The minimum atomic E-state index is -0.139. The number of carbonyl (C=O) groups is 2. The van der Waals surface area contributed by atoms with Crippen LogP contribution in [0.1, 0.15) is 26.2 Å². The summed E-state index contributed by atoms with van der Waals surface area (Å²) >= 11 is 0. The summed E-state index contributed by atoms with van der Waals surface area (Å²) in [5.41, 5.74) is 1.55. The van der Waals surface area contributed by atoms with Crippen LogP contribution in [0.15, 0.2) is 30.3 Å². The number of urea groups is 1. The molecule has 0 radical (unpaired) electrons. The van der Waals surface area contributed by atoms with E-state index in [4.69, 9.17) is 9.47 Å². The molecule has 1 aromatic heterocycles. The molecule has 1 aliphatic heterocycles. The minimum absolute atomic E-state index is 0.00465. The van der Waals surface area contributed by atoms with Crippen LogP contribution in [-0.4, -0.2) is 92.0 Å². The highest BCUT2D eigenvalue weighted by Crippen LogP contribution is 2.32. The van der Waals surface area contributed by atoms with Crippen molar-refractivity contribution >= 4 is 17.8 Å². The summed E-state index contributed by atoms with van der Waals surface area (Å²) < 4.78 is 10.8. The number of amides is 3. The van der Waals surface area contributed by atoms with Gasteiger partial charge in [0.1, 0.15) is 18.0 Å². The number of nitrogens with zero attached hydrogens (tertiary/aromatic N) is 5. The molecule has 3 amide bonds. The van der Waals surface area contributed by atoms with E-state index in [-0.39, 0.29) is 18.5 Å². The second-order valence-corrected chi connectivity index (χ2v) is 9.27. The Morgan fingerprint density at radius 2 is 1.83 bits per heavy atom. The Kier molecular flexibility index (Phi) is 8.45. The van der Waals surface area contributed by atoms with Crippen LogP contribution in [0.25, 0.3) is 11.3 Å². The number of rotatable bonds is 10. The molecule has 2 aliphatic rings. The van der Waals surface area contributed by atoms with E-state index in [1.807, 2.05) is 42.2 Å². The first-order valence-corrected chi connectivity index (χ1v) is 12.6. The number of benzene rings is 1. The predicted octanol–water partition coefficient (Wildman–Crippen LogP) is 2.64. The number of carbonyl (C=O) groups excluding carboxylic acids is 2. The van der Waals surface area contributed by atoms with E-state index in [9.17, 15) is 9.59 Å². The molecule has 1 saturated carbocycles. The maximum atomic E-state index is 13.0. The van der Waals surface area contributed by atoms with Crippen molar-refractivity contribution in [2.45, 2.75) is 26.2 Å². The van der Waals surface area contributed by atoms with E-state index < -0.39 is 0 Å². The van der Waals surface area contributed by atoms with Gasteiger partial charge in [0.2, 0.25) is 5.91 Å². The lowest BCUT2D eigenvalue weighted by molar-refractivity contribution is -0.132. The number of anilines is 1. The Labute approximate surface area is 212 Å². The highest BCUT2D eigenvalue weighted by Gasteiger charge is 2.30. The third kappa shape index (κ3) is 6.35. The number of nitrogens with one attached hydrogen (secondary N) is 1. The molecule has 2 fully saturated rings. The molecule has 2 aromatic rings. The molecule has 10 heteroatoms. The topological polar surface area (TPSA) is 100 Å². The van der Waals surface area contributed by atoms with Gasteiger partial charge in [-0.3, -0.25) is 4.79 Å². The quantitative estimate of drug-likeness (QED) is 0.540. The van der Waals surface area contributed by atoms with E-state index in [0.717, 1.165) is 30.6 Å². The van der Waals surface area contributed by atoms with Crippen LogP contribution in [0.3, 0.4) is 0 Å². The molecule has 36 heavy (non-hydrogen) atoms. The van der Waals surface area contributed by atoms with Gasteiger partial charge in [-0.05, 0) is 49.4 Å². The third-order valence-corrected chi connectivity index (χ3v) is 6.61. The minimum Gasteiger partial charge on any atom is -0.497 e. The van der Waals surface area contributed by atoms with Gasteiger partial charge in [-0.2, -0.15) is 0 Å². The lowest BCUT2D eigenvalue weighted by Gasteiger charge is -2.36. The Morgan fingerprint density at radius 3 is 2.44 bits per heavy atom. The maximum Gasteiger partial charge on any atom is 0.317 e. The molecule has 2 heterocycles. The van der Waals surface area contributed by atoms with Crippen molar-refractivity contribution in [2.24, 2.45) is 5.92 Å². The van der Waals surface area contributed by atoms with Crippen molar-refractivity contribution < 1.29 is 19.1 Å². The zero-order valence-corrected chi connectivity index (χ0v) is 21.4. The number of aromatic nitrogens is 2. The fraction of sp³-hybridized carbons (Fsp3) is 0.538. The first-order valence-electron chi connectivity index (χ1n) is 12.6. The molecular formula is C26H36N6O4. The Balaban J connectivity index is 1.32. The Hall–Kier alpha value is -3.56. The van der Waals surface area contributed by atoms with Crippen LogP contribution in [0, 0.1) is 5.92 Å². The van der Waals surface area contributed by atoms with Gasteiger partial charge in [0.15, 0.2) is 5.82 Å². The van der Waals surface area contributed by atoms with Crippen molar-refractivity contribution in [3.8, 4) is 22.8 Å². The van der Waals surface area contributed by atoms with Crippen LogP contribution in [0.4, 0.5) is 10.6 Å². The van der Waals surface area contributed by atoms with Crippen molar-refractivity contribution in [2.75, 3.05) is 64.9 Å². The molecule has 1 saturated heterocycles. The summed E-state index contributed by atoms with van der Waals surface area (Å²) in [6.07, 6.45) is 3.14. The summed E-state index contributed by atoms with van der Waals surface area (Å²) in [5.74, 6) is 2.68. The Morgan fingerprint density at radius 1 is 1.06 bits per heavy atom. The number of hydrogen-bond donors (Lipinski definition) is 1. The predicted molar refractivity (Wildman–Crippen MR) is 137 cm³/mol. The van der Waals surface area contributed by atoms with Crippen LogP contribution in [0.2, 0.25) is 0 Å². The molecule has 1 N–H and O–H groups in total. The largest absolute Gasteiger partial charge is 0.497 e. The molecule has 0 bridgehead atoms. The molecule has 1 aliphatic carbocycles. The summed E-state index contributed by atoms with van der Waals surface area (Å²) in [5, 5.41) is 11.8. The molecule has 0 atom stereocenters. The van der Waals surface area contributed by atoms with Crippen molar-refractivity contribution in [1.29, 1.82) is 0 Å². The van der Waals surface area contributed by atoms with Crippen LogP contribution in [-0.2, 0) is 4.79 Å². The normalized spacial score (nSPS) is 15.4. The number of piperazine rings is 1. The van der Waals surface area contributed by atoms with Gasteiger partial charge in [0.05, 0.1) is 19.9 Å². The van der Waals surface area contributed by atoms with E-state index in [0.29, 0.717) is 62.4 Å². The lowest BCUT2D eigenvalue weighted by Crippen LogP contribution is -2.53. The van der Waals surface area contributed by atoms with Gasteiger partial charge in [0.25, 0.3) is 0 Å². The van der Waals surface area contributed by atoms with Gasteiger partial charge in [-0.1, -0.05) is 6.92 Å². The average Bonchev–Trinajstić information content (AvgIpc) is 3.75. The number of ether oxygens (including phenoxy) is 2. The molecular weight excluding hydrogens is 460 g/mol. The zero-order valence-electron chi connectivity index (χ0n) is 21.4. The first kappa shape index (κ1) is 25.5. The van der Waals surface area contributed by atoms with Crippen LogP contribution < -0.4 is 19.7 Å². The van der Waals surface area contributed by atoms with E-state index in [2.05, 4.69) is 20.4 Å². The Bertz CT molecular complexity index is 1040. The third-order valence-electron chi connectivity index (χ3n) is 6.61. The molecule has 10 nitrogen and oxygen atoms in total. The van der Waals surface area contributed by atoms with Crippen molar-refractivity contribution in [3.05, 3.63) is 30.3 Å². The van der Waals surface area contributed by atoms with Gasteiger partial charge in [0, 0.05) is 50.9 Å². The molecule has 4 rings (SSSR count). The average molecular weight is 497 g/mol. The van der Waals surface area contributed by atoms with E-state index in [1.54, 1.807) is 19.1 Å². The maximum absolute atomic E-state index is 13.0. The monoisotopic (exact) mass is 496 g/mol. The van der Waals surface area contributed by atoms with Gasteiger partial charge < -0.3 is 29.5 Å². The second-order valence-electron chi connectivity index (χ2n) is 9.27. The summed E-state index contributed by atoms with van der Waals surface area (Å²) in [6.45, 7) is 5.92. The molecule has 0 spiro atoms. The first-order chi connectivity index (χ1) is 17.5. The molecule has 1 aromatic carbocycles. The lowest BCUT2D eigenvalue weighted by atomic mass is 10.1. The van der Waals surface area contributed by atoms with Crippen LogP contribution >= 0.6 is 0 Å². The van der Waals surface area contributed by atoms with Crippen molar-refractivity contribution in [1.82, 2.24) is 25.3 Å². The standard InChI is InChI=1S/C26H36N6O4/c1-4-11-27-26(34)32(17-19-5-6-19)18-25(33)31-14-12-30(13-15-31)24-10-9-22(28-29-24)21-8-7-20(35-2)16-23(21)36-3/h7-10,16,19H,4-6,11-15,17-18H2,1-3H3,(H,27,34). The molecule has 194 valence electrons. The molecule has 0 unspecified atom stereocenters. The van der Waals surface area contributed by atoms with Gasteiger partial charge in [-0.25, -0.2) is 4.79 Å². The van der Waals surface area contributed by atoms with Gasteiger partial charge >= 0.3 is 6.03 Å². The highest BCUT2D eigenvalue weighted by atomic mass is 16.5. The number of methoxy groups -OCH3 is 2. The summed E-state index contributed by atoms with van der Waals surface area (Å²) in [7, 11) is 3.23. The van der Waals surface area contributed by atoms with Crippen molar-refractivity contribution in [3.63, 3.8) is 0 Å². The SMILES string of the molecule is CCCNC(=O)N(CC(=O)N1CCN(c2ccc(-c3ccc(OC)cc3OC)nn2)CC1)CC1CC1. The highest BCUT2D eigenvalue weighted by molar-refractivity contribution is 5.84. The summed E-state index contributed by atoms with van der Waals surface area (Å²) in [6, 6.07) is 9.32. The fourth-order valence-corrected chi connectivity index (χ4v) is 4.27. The zero-order chi connectivity index (χ0) is 25.5. The second kappa shape index (κ2) is 11.9. The van der Waals surface area contributed by atoms with Crippen LogP contribution in [0.5, 0.6) is 11.5 Å². The van der Waals surface area contributed by atoms with Gasteiger partial charge in [-0.15, -0.1) is 10.2 Å². The van der Waals surface area contributed by atoms with E-state index >= 15 is 0 Å².